The Kier molecular flexibility index (Phi) is 5.05. The van der Waals surface area contributed by atoms with E-state index in [0.717, 1.165) is 5.56 Å². The van der Waals surface area contributed by atoms with Crippen LogP contribution in [0.4, 0.5) is 0 Å². The van der Waals surface area contributed by atoms with Gasteiger partial charge in [-0.3, -0.25) is 4.79 Å². The standard InChI is InChI=1S/C12H15NO2S/c1-2-13-12(15)10(8-14)11(16)9-6-4-3-5-7-9/h3-8,10-11,16H,2H2,1H3,(H,13,15). The van der Waals surface area contributed by atoms with Crippen molar-refractivity contribution in [3.8, 4) is 0 Å². The number of thiol groups is 1. The second-order valence-corrected chi connectivity index (χ2v) is 3.97. The molecule has 3 nitrogen and oxygen atoms in total. The molecule has 0 aliphatic heterocycles. The monoisotopic (exact) mass is 237 g/mol. The third-order valence-electron chi connectivity index (χ3n) is 2.28. The van der Waals surface area contributed by atoms with E-state index in [4.69, 9.17) is 0 Å². The van der Waals surface area contributed by atoms with Crippen molar-refractivity contribution in [2.45, 2.75) is 12.2 Å². The van der Waals surface area contributed by atoms with Gasteiger partial charge in [0.05, 0.1) is 0 Å². The lowest BCUT2D eigenvalue weighted by atomic mass is 9.99. The zero-order valence-corrected chi connectivity index (χ0v) is 9.98. The zero-order valence-electron chi connectivity index (χ0n) is 9.09. The third-order valence-corrected chi connectivity index (χ3v) is 2.90. The molecule has 2 atom stereocenters. The van der Waals surface area contributed by atoms with E-state index in [9.17, 15) is 9.59 Å². The van der Waals surface area contributed by atoms with Crippen LogP contribution in [0.2, 0.25) is 0 Å². The maximum atomic E-state index is 11.6. The topological polar surface area (TPSA) is 46.2 Å². The van der Waals surface area contributed by atoms with Gasteiger partial charge in [-0.15, -0.1) is 0 Å². The van der Waals surface area contributed by atoms with E-state index in [1.807, 2.05) is 37.3 Å². The van der Waals surface area contributed by atoms with Crippen molar-refractivity contribution in [1.29, 1.82) is 0 Å². The normalized spacial score (nSPS) is 13.9. The van der Waals surface area contributed by atoms with Crippen LogP contribution in [0.5, 0.6) is 0 Å². The highest BCUT2D eigenvalue weighted by Crippen LogP contribution is 2.27. The molecule has 0 spiro atoms. The number of hydrogen-bond donors (Lipinski definition) is 2. The van der Waals surface area contributed by atoms with Gasteiger partial charge in [0.15, 0.2) is 0 Å². The van der Waals surface area contributed by atoms with Gasteiger partial charge in [0, 0.05) is 11.8 Å². The summed E-state index contributed by atoms with van der Waals surface area (Å²) in [5.41, 5.74) is 0.870. The van der Waals surface area contributed by atoms with Crippen molar-refractivity contribution in [1.82, 2.24) is 5.32 Å². The molecule has 1 N–H and O–H groups in total. The van der Waals surface area contributed by atoms with Gasteiger partial charge in [-0.05, 0) is 12.5 Å². The average Bonchev–Trinajstić information content (AvgIpc) is 2.31. The van der Waals surface area contributed by atoms with Crippen LogP contribution < -0.4 is 5.32 Å². The minimum Gasteiger partial charge on any atom is -0.356 e. The van der Waals surface area contributed by atoms with Gasteiger partial charge in [-0.25, -0.2) is 0 Å². The van der Waals surface area contributed by atoms with E-state index in [-0.39, 0.29) is 5.91 Å². The summed E-state index contributed by atoms with van der Waals surface area (Å²) in [7, 11) is 0. The Morgan fingerprint density at radius 2 is 2.06 bits per heavy atom. The molecular formula is C12H15NO2S. The summed E-state index contributed by atoms with van der Waals surface area (Å²) in [5, 5.41) is 2.23. The molecule has 16 heavy (non-hydrogen) atoms. The molecule has 0 saturated carbocycles. The van der Waals surface area contributed by atoms with Crippen LogP contribution in [0.1, 0.15) is 17.7 Å². The minimum absolute atomic E-state index is 0.277. The quantitative estimate of drug-likeness (QED) is 0.464. The van der Waals surface area contributed by atoms with Crippen molar-refractivity contribution < 1.29 is 9.59 Å². The van der Waals surface area contributed by atoms with Crippen LogP contribution >= 0.6 is 12.6 Å². The maximum absolute atomic E-state index is 11.6. The molecule has 0 radical (unpaired) electrons. The molecule has 0 aliphatic rings. The van der Waals surface area contributed by atoms with Crippen molar-refractivity contribution in [2.24, 2.45) is 5.92 Å². The number of carbonyl (C=O) groups excluding carboxylic acids is 2. The fourth-order valence-electron chi connectivity index (χ4n) is 1.43. The summed E-state index contributed by atoms with van der Waals surface area (Å²) in [6.45, 7) is 2.33. The van der Waals surface area contributed by atoms with Crippen LogP contribution in [0.25, 0.3) is 0 Å². The van der Waals surface area contributed by atoms with Crippen LogP contribution in [-0.2, 0) is 9.59 Å². The Hall–Kier alpha value is -1.29. The lowest BCUT2D eigenvalue weighted by Crippen LogP contribution is -2.33. The van der Waals surface area contributed by atoms with E-state index in [1.165, 1.54) is 0 Å². The fraction of sp³-hybridized carbons (Fsp3) is 0.333. The number of rotatable bonds is 5. The highest BCUT2D eigenvalue weighted by atomic mass is 32.1. The molecule has 1 aromatic carbocycles. The second-order valence-electron chi connectivity index (χ2n) is 3.41. The third kappa shape index (κ3) is 3.10. The lowest BCUT2D eigenvalue weighted by Gasteiger charge is -2.17. The SMILES string of the molecule is CCNC(=O)C(C=O)C(S)c1ccccc1. The first-order valence-electron chi connectivity index (χ1n) is 5.16. The first-order chi connectivity index (χ1) is 7.70. The Morgan fingerprint density at radius 3 is 2.56 bits per heavy atom. The van der Waals surface area contributed by atoms with E-state index in [0.29, 0.717) is 12.8 Å². The van der Waals surface area contributed by atoms with Crippen molar-refractivity contribution >= 4 is 24.8 Å². The van der Waals surface area contributed by atoms with Crippen LogP contribution in [0.3, 0.4) is 0 Å². The Labute approximate surface area is 101 Å². The molecule has 0 heterocycles. The van der Waals surface area contributed by atoms with Gasteiger partial charge < -0.3 is 10.1 Å². The number of aldehydes is 1. The maximum Gasteiger partial charge on any atom is 0.231 e. The molecule has 1 aromatic rings. The molecule has 0 fully saturated rings. The van der Waals surface area contributed by atoms with Gasteiger partial charge in [0.2, 0.25) is 5.91 Å². The molecule has 2 unspecified atom stereocenters. The Balaban J connectivity index is 2.81. The second kappa shape index (κ2) is 6.33. The van der Waals surface area contributed by atoms with Gasteiger partial charge in [0.1, 0.15) is 12.2 Å². The summed E-state index contributed by atoms with van der Waals surface area (Å²) in [4.78, 5) is 22.5. The highest BCUT2D eigenvalue weighted by Gasteiger charge is 2.25. The zero-order chi connectivity index (χ0) is 12.0. The van der Waals surface area contributed by atoms with Crippen molar-refractivity contribution in [2.75, 3.05) is 6.54 Å². The predicted molar refractivity (Wildman–Crippen MR) is 66.4 cm³/mol. The Morgan fingerprint density at radius 1 is 1.44 bits per heavy atom. The summed E-state index contributed by atoms with van der Waals surface area (Å²) in [6.07, 6.45) is 0.648. The molecule has 0 aliphatic carbocycles. The summed E-state index contributed by atoms with van der Waals surface area (Å²) < 4.78 is 0. The first kappa shape index (κ1) is 12.8. The van der Waals surface area contributed by atoms with Gasteiger partial charge in [-0.1, -0.05) is 30.3 Å². The molecule has 0 saturated heterocycles. The molecule has 1 amide bonds. The van der Waals surface area contributed by atoms with E-state index < -0.39 is 11.2 Å². The lowest BCUT2D eigenvalue weighted by molar-refractivity contribution is -0.128. The number of hydrogen-bond acceptors (Lipinski definition) is 3. The van der Waals surface area contributed by atoms with Gasteiger partial charge in [-0.2, -0.15) is 12.6 Å². The molecule has 4 heteroatoms. The average molecular weight is 237 g/mol. The number of benzene rings is 1. The first-order valence-corrected chi connectivity index (χ1v) is 5.68. The number of amides is 1. The smallest absolute Gasteiger partial charge is 0.231 e. The fourth-order valence-corrected chi connectivity index (χ4v) is 1.81. The molecular weight excluding hydrogens is 222 g/mol. The molecule has 1 rings (SSSR count). The summed E-state index contributed by atoms with van der Waals surface area (Å²) in [6, 6.07) is 9.31. The summed E-state index contributed by atoms with van der Waals surface area (Å²) in [5.74, 6) is -1.02. The number of nitrogens with one attached hydrogen (secondary N) is 1. The number of carbonyl (C=O) groups is 2. The highest BCUT2D eigenvalue weighted by molar-refractivity contribution is 7.80. The predicted octanol–water partition coefficient (Wildman–Crippen LogP) is 1.61. The van der Waals surface area contributed by atoms with E-state index in [2.05, 4.69) is 17.9 Å². The summed E-state index contributed by atoms with van der Waals surface area (Å²) >= 11 is 4.33. The van der Waals surface area contributed by atoms with E-state index >= 15 is 0 Å². The van der Waals surface area contributed by atoms with Crippen LogP contribution in [-0.4, -0.2) is 18.7 Å². The Bertz CT molecular complexity index is 353. The largest absolute Gasteiger partial charge is 0.356 e. The molecule has 0 aromatic heterocycles. The molecule has 86 valence electrons. The van der Waals surface area contributed by atoms with Gasteiger partial charge >= 0.3 is 0 Å². The van der Waals surface area contributed by atoms with Crippen LogP contribution in [0, 0.1) is 5.92 Å². The van der Waals surface area contributed by atoms with Crippen molar-refractivity contribution in [3.63, 3.8) is 0 Å². The van der Waals surface area contributed by atoms with Crippen molar-refractivity contribution in [3.05, 3.63) is 35.9 Å². The van der Waals surface area contributed by atoms with Crippen LogP contribution in [0.15, 0.2) is 30.3 Å². The van der Waals surface area contributed by atoms with Gasteiger partial charge in [0.25, 0.3) is 0 Å². The van der Waals surface area contributed by atoms with E-state index in [1.54, 1.807) is 0 Å². The minimum atomic E-state index is -0.745. The molecule has 0 bridgehead atoms.